The maximum atomic E-state index is 13.2. The fraction of sp³-hybridized carbons (Fsp3) is 0.0667. The van der Waals surface area contributed by atoms with Gasteiger partial charge in [0.1, 0.15) is 5.82 Å². The molecule has 92 valence electrons. The monoisotopic (exact) mass is 280 g/mol. The van der Waals surface area contributed by atoms with E-state index in [0.717, 1.165) is 16.7 Å². The van der Waals surface area contributed by atoms with Gasteiger partial charge < -0.3 is 0 Å². The molecule has 18 heavy (non-hydrogen) atoms. The summed E-state index contributed by atoms with van der Waals surface area (Å²) in [6.45, 7) is 0. The first-order chi connectivity index (χ1) is 8.70. The summed E-state index contributed by atoms with van der Waals surface area (Å²) >= 11 is 12.0. The lowest BCUT2D eigenvalue weighted by atomic mass is 10.0. The molecule has 0 radical (unpaired) electrons. The van der Waals surface area contributed by atoms with Crippen molar-refractivity contribution in [2.24, 2.45) is 0 Å². The van der Waals surface area contributed by atoms with Crippen LogP contribution in [0.1, 0.15) is 11.1 Å². The molecule has 0 amide bonds. The van der Waals surface area contributed by atoms with Crippen LogP contribution in [0.4, 0.5) is 4.39 Å². The lowest BCUT2D eigenvalue weighted by Gasteiger charge is -2.05. The fourth-order valence-electron chi connectivity index (χ4n) is 1.67. The number of hydrogen-bond donors (Lipinski definition) is 0. The molecule has 0 atom stereocenters. The third kappa shape index (κ3) is 3.12. The molecule has 0 heterocycles. The van der Waals surface area contributed by atoms with Crippen molar-refractivity contribution in [1.82, 2.24) is 0 Å². The van der Waals surface area contributed by atoms with Crippen LogP contribution >= 0.6 is 23.2 Å². The number of allylic oxidation sites excluding steroid dienone is 1. The van der Waals surface area contributed by atoms with Gasteiger partial charge >= 0.3 is 0 Å². The van der Waals surface area contributed by atoms with Crippen LogP contribution in [0, 0.1) is 5.82 Å². The predicted octanol–water partition coefficient (Wildman–Crippen LogP) is 5.26. The Hall–Kier alpha value is -1.31. The third-order valence-corrected chi connectivity index (χ3v) is 3.21. The maximum absolute atomic E-state index is 13.2. The summed E-state index contributed by atoms with van der Waals surface area (Å²) in [5, 5.41) is 0.650. The van der Waals surface area contributed by atoms with Crippen molar-refractivity contribution in [3.8, 4) is 0 Å². The first kappa shape index (κ1) is 13.1. The Balaban J connectivity index is 2.43. The van der Waals surface area contributed by atoms with Gasteiger partial charge in [0.2, 0.25) is 0 Å². The highest BCUT2D eigenvalue weighted by Crippen LogP contribution is 2.24. The van der Waals surface area contributed by atoms with Crippen molar-refractivity contribution in [3.63, 3.8) is 0 Å². The highest BCUT2D eigenvalue weighted by Gasteiger charge is 2.03. The van der Waals surface area contributed by atoms with E-state index in [1.165, 1.54) is 12.1 Å². The van der Waals surface area contributed by atoms with E-state index in [2.05, 4.69) is 0 Å². The van der Waals surface area contributed by atoms with Gasteiger partial charge in [-0.2, -0.15) is 0 Å². The molecule has 0 bridgehead atoms. The summed E-state index contributed by atoms with van der Waals surface area (Å²) in [5.74, 6) is 0.0250. The average Bonchev–Trinajstić information content (AvgIpc) is 2.38. The molecule has 0 saturated carbocycles. The molecule has 0 aliphatic carbocycles. The van der Waals surface area contributed by atoms with Gasteiger partial charge in [0, 0.05) is 10.9 Å². The van der Waals surface area contributed by atoms with E-state index in [1.807, 2.05) is 36.4 Å². The normalized spacial score (nSPS) is 11.6. The summed E-state index contributed by atoms with van der Waals surface area (Å²) in [7, 11) is 0. The van der Waals surface area contributed by atoms with Crippen LogP contribution in [0.15, 0.2) is 48.5 Å². The lowest BCUT2D eigenvalue weighted by Crippen LogP contribution is -1.88. The Bertz CT molecular complexity index is 576. The van der Waals surface area contributed by atoms with E-state index in [9.17, 15) is 4.39 Å². The molecule has 0 N–H and O–H groups in total. The minimum absolute atomic E-state index is 0.275. The highest BCUT2D eigenvalue weighted by molar-refractivity contribution is 6.32. The zero-order valence-corrected chi connectivity index (χ0v) is 11.0. The standard InChI is InChI=1S/C15H11Cl2F/c16-10-13(11-5-3-6-14(18)9-11)8-12-4-1-2-7-15(12)17/h1-9H,10H2. The molecule has 0 aliphatic rings. The second kappa shape index (κ2) is 6.03. The molecular formula is C15H11Cl2F. The average molecular weight is 281 g/mol. The first-order valence-electron chi connectivity index (χ1n) is 5.47. The van der Waals surface area contributed by atoms with Gasteiger partial charge in [0.15, 0.2) is 0 Å². The molecule has 0 aromatic heterocycles. The Morgan fingerprint density at radius 3 is 2.56 bits per heavy atom. The van der Waals surface area contributed by atoms with Gasteiger partial charge in [-0.1, -0.05) is 41.9 Å². The molecule has 0 nitrogen and oxygen atoms in total. The highest BCUT2D eigenvalue weighted by atomic mass is 35.5. The van der Waals surface area contributed by atoms with Gasteiger partial charge in [0.25, 0.3) is 0 Å². The van der Waals surface area contributed by atoms with Gasteiger partial charge in [-0.25, -0.2) is 4.39 Å². The topological polar surface area (TPSA) is 0 Å². The second-order valence-corrected chi connectivity index (χ2v) is 4.51. The Kier molecular flexibility index (Phi) is 4.40. The van der Waals surface area contributed by atoms with Crippen molar-refractivity contribution in [2.75, 3.05) is 5.88 Å². The number of halogens is 3. The van der Waals surface area contributed by atoms with Gasteiger partial charge in [-0.05, 0) is 41.0 Å². The zero-order valence-electron chi connectivity index (χ0n) is 9.54. The van der Waals surface area contributed by atoms with E-state index < -0.39 is 0 Å². The van der Waals surface area contributed by atoms with Crippen LogP contribution in [0.2, 0.25) is 5.02 Å². The number of rotatable bonds is 3. The van der Waals surface area contributed by atoms with E-state index in [4.69, 9.17) is 23.2 Å². The van der Waals surface area contributed by atoms with Crippen molar-refractivity contribution < 1.29 is 4.39 Å². The quantitative estimate of drug-likeness (QED) is 0.532. The molecule has 2 aromatic carbocycles. The second-order valence-electron chi connectivity index (χ2n) is 3.84. The SMILES string of the molecule is Fc1cccc(C(=Cc2ccccc2Cl)CCl)c1. The molecule has 0 fully saturated rings. The molecule has 2 rings (SSSR count). The van der Waals surface area contributed by atoms with Crippen LogP contribution in [0.5, 0.6) is 0 Å². The molecule has 0 saturated heterocycles. The maximum Gasteiger partial charge on any atom is 0.123 e. The molecule has 0 unspecified atom stereocenters. The summed E-state index contributed by atoms with van der Waals surface area (Å²) < 4.78 is 13.2. The molecular weight excluding hydrogens is 270 g/mol. The van der Waals surface area contributed by atoms with Gasteiger partial charge in [-0.15, -0.1) is 11.6 Å². The number of hydrogen-bond acceptors (Lipinski definition) is 0. The minimum atomic E-state index is -0.275. The Morgan fingerprint density at radius 1 is 1.11 bits per heavy atom. The minimum Gasteiger partial charge on any atom is -0.207 e. The molecule has 2 aromatic rings. The third-order valence-electron chi connectivity index (χ3n) is 2.57. The van der Waals surface area contributed by atoms with Gasteiger partial charge in [-0.3, -0.25) is 0 Å². The summed E-state index contributed by atoms with van der Waals surface area (Å²) in [6, 6.07) is 13.8. The summed E-state index contributed by atoms with van der Waals surface area (Å²) in [6.07, 6.45) is 1.88. The largest absolute Gasteiger partial charge is 0.207 e. The Labute approximate surface area is 116 Å². The molecule has 0 aliphatic heterocycles. The van der Waals surface area contributed by atoms with E-state index in [0.29, 0.717) is 10.9 Å². The predicted molar refractivity (Wildman–Crippen MR) is 76.4 cm³/mol. The molecule has 0 spiro atoms. The van der Waals surface area contributed by atoms with Crippen LogP contribution in [0.25, 0.3) is 11.6 Å². The van der Waals surface area contributed by atoms with Gasteiger partial charge in [0.05, 0.1) is 0 Å². The summed E-state index contributed by atoms with van der Waals surface area (Å²) in [4.78, 5) is 0. The van der Waals surface area contributed by atoms with Crippen molar-refractivity contribution in [2.45, 2.75) is 0 Å². The van der Waals surface area contributed by atoms with Crippen molar-refractivity contribution in [3.05, 3.63) is 70.5 Å². The number of benzene rings is 2. The van der Waals surface area contributed by atoms with E-state index in [1.54, 1.807) is 6.07 Å². The number of alkyl halides is 1. The van der Waals surface area contributed by atoms with E-state index in [-0.39, 0.29) is 5.82 Å². The smallest absolute Gasteiger partial charge is 0.123 e. The van der Waals surface area contributed by atoms with Crippen LogP contribution in [-0.4, -0.2) is 5.88 Å². The van der Waals surface area contributed by atoms with Crippen LogP contribution in [0.3, 0.4) is 0 Å². The fourth-order valence-corrected chi connectivity index (χ4v) is 2.09. The lowest BCUT2D eigenvalue weighted by molar-refractivity contribution is 0.627. The van der Waals surface area contributed by atoms with Crippen molar-refractivity contribution >= 4 is 34.9 Å². The first-order valence-corrected chi connectivity index (χ1v) is 6.39. The zero-order chi connectivity index (χ0) is 13.0. The molecule has 3 heteroatoms. The Morgan fingerprint density at radius 2 is 1.89 bits per heavy atom. The van der Waals surface area contributed by atoms with Crippen molar-refractivity contribution in [1.29, 1.82) is 0 Å². The summed E-state index contributed by atoms with van der Waals surface area (Å²) in [5.41, 5.74) is 2.48. The van der Waals surface area contributed by atoms with E-state index >= 15 is 0 Å². The van der Waals surface area contributed by atoms with Crippen LogP contribution < -0.4 is 0 Å². The van der Waals surface area contributed by atoms with Crippen LogP contribution in [-0.2, 0) is 0 Å².